The minimum Gasteiger partial charge on any atom is -0.437 e. The lowest BCUT2D eigenvalue weighted by atomic mass is 9.92. The summed E-state index contributed by atoms with van der Waals surface area (Å²) < 4.78 is 9.64. The number of aryl methyl sites for hydroxylation is 2. The molecule has 2 aromatic carbocycles. The molecule has 3 rings (SSSR count). The summed E-state index contributed by atoms with van der Waals surface area (Å²) in [6.07, 6.45) is 0.623. The number of amides is 1. The van der Waals surface area contributed by atoms with E-state index in [9.17, 15) is 9.59 Å². The van der Waals surface area contributed by atoms with E-state index in [4.69, 9.17) is 10.5 Å². The molecule has 0 fully saturated rings. The molecule has 0 aromatic heterocycles. The minimum absolute atomic E-state index is 0.0716. The zero-order valence-electron chi connectivity index (χ0n) is 17.4. The van der Waals surface area contributed by atoms with E-state index < -0.39 is 12.2 Å². The fourth-order valence-electron chi connectivity index (χ4n) is 3.99. The average molecular weight is 396 g/mol. The van der Waals surface area contributed by atoms with Crippen molar-refractivity contribution < 1.29 is 19.1 Å². The predicted molar refractivity (Wildman–Crippen MR) is 112 cm³/mol. The van der Waals surface area contributed by atoms with Crippen LogP contribution in [-0.4, -0.2) is 31.8 Å². The fourth-order valence-corrected chi connectivity index (χ4v) is 3.99. The lowest BCUT2D eigenvalue weighted by Crippen LogP contribution is -2.48. The van der Waals surface area contributed by atoms with E-state index in [2.05, 4.69) is 17.7 Å². The van der Waals surface area contributed by atoms with E-state index in [0.29, 0.717) is 24.6 Å². The molecule has 2 N–H and O–H groups in total. The van der Waals surface area contributed by atoms with Crippen LogP contribution in [0.2, 0.25) is 0 Å². The number of nitrogens with zero attached hydrogens (tertiary/aromatic N) is 1. The Hall–Kier alpha value is -2.86. The number of carbonyl (C=O) groups is 2. The number of carbonyl (C=O) groups excluding carboxylic acids is 2. The van der Waals surface area contributed by atoms with Crippen LogP contribution in [0.1, 0.15) is 29.2 Å². The standard InChI is InChI=1S/C23H28N2O4/c1-14-9-17-7-5-6-8-21(17)25(13-14)22(26)20(24)12-19-15(2)10-18(11-16(19)3)29-23(27)28-4/h5-8,10-11,14,20H,9,12-13,24H2,1-4H3/t14?,20-/m1/s1. The van der Waals surface area contributed by atoms with Gasteiger partial charge in [-0.15, -0.1) is 0 Å². The van der Waals surface area contributed by atoms with Crippen molar-refractivity contribution in [1.29, 1.82) is 0 Å². The fraction of sp³-hybridized carbons (Fsp3) is 0.391. The second kappa shape index (κ2) is 8.66. The van der Waals surface area contributed by atoms with Crippen molar-refractivity contribution in [2.45, 2.75) is 39.7 Å². The number of hydrogen-bond donors (Lipinski definition) is 1. The molecule has 6 nitrogen and oxygen atoms in total. The largest absolute Gasteiger partial charge is 0.513 e. The Bertz CT molecular complexity index is 902. The number of benzene rings is 2. The molecule has 0 saturated heterocycles. The molecular weight excluding hydrogens is 368 g/mol. The zero-order valence-corrected chi connectivity index (χ0v) is 17.4. The number of anilines is 1. The topological polar surface area (TPSA) is 81.9 Å². The Morgan fingerprint density at radius 3 is 2.52 bits per heavy atom. The lowest BCUT2D eigenvalue weighted by molar-refractivity contribution is -0.120. The summed E-state index contributed by atoms with van der Waals surface area (Å²) in [4.78, 5) is 26.4. The van der Waals surface area contributed by atoms with Crippen LogP contribution in [0.5, 0.6) is 5.75 Å². The van der Waals surface area contributed by atoms with E-state index in [0.717, 1.165) is 28.8 Å². The molecule has 1 aliphatic rings. The van der Waals surface area contributed by atoms with Gasteiger partial charge < -0.3 is 20.1 Å². The van der Waals surface area contributed by atoms with Crippen molar-refractivity contribution >= 4 is 17.7 Å². The van der Waals surface area contributed by atoms with Gasteiger partial charge in [-0.2, -0.15) is 0 Å². The first kappa shape index (κ1) is 20.9. The molecule has 29 heavy (non-hydrogen) atoms. The van der Waals surface area contributed by atoms with Crippen LogP contribution >= 0.6 is 0 Å². The molecule has 0 aliphatic carbocycles. The Morgan fingerprint density at radius 2 is 1.86 bits per heavy atom. The van der Waals surface area contributed by atoms with E-state index in [1.165, 1.54) is 12.7 Å². The van der Waals surface area contributed by atoms with Gasteiger partial charge in [0.2, 0.25) is 5.91 Å². The molecule has 2 atom stereocenters. The molecular formula is C23H28N2O4. The van der Waals surface area contributed by atoms with Crippen LogP contribution < -0.4 is 15.4 Å². The number of methoxy groups -OCH3 is 1. The molecule has 6 heteroatoms. The first-order valence-electron chi connectivity index (χ1n) is 9.81. The van der Waals surface area contributed by atoms with Crippen LogP contribution in [0.4, 0.5) is 10.5 Å². The van der Waals surface area contributed by atoms with Crippen molar-refractivity contribution in [3.05, 3.63) is 58.7 Å². The van der Waals surface area contributed by atoms with Crippen LogP contribution in [0.3, 0.4) is 0 Å². The zero-order chi connectivity index (χ0) is 21.1. The van der Waals surface area contributed by atoms with Crippen molar-refractivity contribution in [2.75, 3.05) is 18.6 Å². The molecule has 1 unspecified atom stereocenters. The molecule has 1 aliphatic heterocycles. The second-order valence-corrected chi connectivity index (χ2v) is 7.79. The third-order valence-electron chi connectivity index (χ3n) is 5.39. The average Bonchev–Trinajstić information content (AvgIpc) is 2.69. The SMILES string of the molecule is COC(=O)Oc1cc(C)c(C[C@@H](N)C(=O)N2CC(C)Cc3ccccc32)c(C)c1. The maximum absolute atomic E-state index is 13.2. The van der Waals surface area contributed by atoms with Gasteiger partial charge in [-0.05, 0) is 73.1 Å². The third kappa shape index (κ3) is 4.59. The monoisotopic (exact) mass is 396 g/mol. The van der Waals surface area contributed by atoms with Gasteiger partial charge in [-0.3, -0.25) is 4.79 Å². The van der Waals surface area contributed by atoms with Gasteiger partial charge in [0.05, 0.1) is 13.2 Å². The summed E-state index contributed by atoms with van der Waals surface area (Å²) in [6, 6.07) is 10.9. The van der Waals surface area contributed by atoms with Gasteiger partial charge in [0.1, 0.15) is 5.75 Å². The third-order valence-corrected chi connectivity index (χ3v) is 5.39. The number of ether oxygens (including phenoxy) is 2. The predicted octanol–water partition coefficient (Wildman–Crippen LogP) is 3.54. The quantitative estimate of drug-likeness (QED) is 0.631. The highest BCUT2D eigenvalue weighted by Gasteiger charge is 2.29. The number of nitrogens with two attached hydrogens (primary N) is 1. The minimum atomic E-state index is -0.763. The second-order valence-electron chi connectivity index (χ2n) is 7.79. The van der Waals surface area contributed by atoms with E-state index in [-0.39, 0.29) is 5.91 Å². The Balaban J connectivity index is 1.79. The van der Waals surface area contributed by atoms with Gasteiger partial charge in [0.15, 0.2) is 0 Å². The maximum atomic E-state index is 13.2. The Morgan fingerprint density at radius 1 is 1.21 bits per heavy atom. The molecule has 0 spiro atoms. The smallest absolute Gasteiger partial charge is 0.437 e. The summed E-state index contributed by atoms with van der Waals surface area (Å²) in [5.41, 5.74) is 11.3. The van der Waals surface area contributed by atoms with Gasteiger partial charge in [-0.1, -0.05) is 25.1 Å². The van der Waals surface area contributed by atoms with Gasteiger partial charge in [0, 0.05) is 12.2 Å². The molecule has 1 heterocycles. The summed E-state index contributed by atoms with van der Waals surface area (Å²) in [7, 11) is 1.26. The summed E-state index contributed by atoms with van der Waals surface area (Å²) in [6.45, 7) is 6.66. The van der Waals surface area contributed by atoms with Gasteiger partial charge >= 0.3 is 6.16 Å². The van der Waals surface area contributed by atoms with Crippen LogP contribution in [0.25, 0.3) is 0 Å². The highest BCUT2D eigenvalue weighted by atomic mass is 16.7. The lowest BCUT2D eigenvalue weighted by Gasteiger charge is -2.34. The molecule has 0 saturated carbocycles. The van der Waals surface area contributed by atoms with Crippen LogP contribution in [0, 0.1) is 19.8 Å². The molecule has 2 aromatic rings. The molecule has 1 amide bonds. The van der Waals surface area contributed by atoms with Crippen LogP contribution in [-0.2, 0) is 22.4 Å². The van der Waals surface area contributed by atoms with Crippen molar-refractivity contribution in [3.63, 3.8) is 0 Å². The Kier molecular flexibility index (Phi) is 6.23. The molecule has 0 radical (unpaired) electrons. The van der Waals surface area contributed by atoms with Gasteiger partial charge in [0.25, 0.3) is 0 Å². The van der Waals surface area contributed by atoms with Crippen molar-refractivity contribution in [1.82, 2.24) is 0 Å². The van der Waals surface area contributed by atoms with Gasteiger partial charge in [-0.25, -0.2) is 4.79 Å². The summed E-state index contributed by atoms with van der Waals surface area (Å²) in [5.74, 6) is 0.728. The number of hydrogen-bond acceptors (Lipinski definition) is 5. The van der Waals surface area contributed by atoms with E-state index in [1.54, 1.807) is 12.1 Å². The summed E-state index contributed by atoms with van der Waals surface area (Å²) in [5, 5.41) is 0. The molecule has 0 bridgehead atoms. The highest BCUT2D eigenvalue weighted by Crippen LogP contribution is 2.30. The van der Waals surface area contributed by atoms with Crippen molar-refractivity contribution in [3.8, 4) is 5.75 Å². The normalized spacial score (nSPS) is 16.7. The first-order valence-corrected chi connectivity index (χ1v) is 9.81. The highest BCUT2D eigenvalue weighted by molar-refractivity contribution is 5.98. The van der Waals surface area contributed by atoms with E-state index in [1.807, 2.05) is 36.9 Å². The molecule has 154 valence electrons. The number of para-hydroxylation sites is 1. The van der Waals surface area contributed by atoms with Crippen molar-refractivity contribution in [2.24, 2.45) is 11.7 Å². The first-order chi connectivity index (χ1) is 13.8. The van der Waals surface area contributed by atoms with E-state index >= 15 is 0 Å². The summed E-state index contributed by atoms with van der Waals surface area (Å²) >= 11 is 0. The number of rotatable bonds is 4. The van der Waals surface area contributed by atoms with Crippen LogP contribution in [0.15, 0.2) is 36.4 Å². The number of fused-ring (bicyclic) bond motifs is 1. The maximum Gasteiger partial charge on any atom is 0.513 e. The Labute approximate surface area is 171 Å².